The van der Waals surface area contributed by atoms with E-state index in [1.54, 1.807) is 0 Å². The average Bonchev–Trinajstić information content (AvgIpc) is 2.29. The van der Waals surface area contributed by atoms with E-state index in [1.165, 1.54) is 0 Å². The maximum Gasteiger partial charge on any atom is 0.394 e. The summed E-state index contributed by atoms with van der Waals surface area (Å²) in [6, 6.07) is 0. The first kappa shape index (κ1) is 21.1. The molecule has 0 aromatic rings. The van der Waals surface area contributed by atoms with Crippen LogP contribution in [-0.2, 0) is 10.4 Å². The summed E-state index contributed by atoms with van der Waals surface area (Å²) in [6.45, 7) is 3.64. The highest BCUT2D eigenvalue weighted by Gasteiger charge is 1.95. The molecule has 0 saturated heterocycles. The van der Waals surface area contributed by atoms with E-state index >= 15 is 0 Å². The Morgan fingerprint density at radius 3 is 1.24 bits per heavy atom. The van der Waals surface area contributed by atoms with Crippen molar-refractivity contribution in [3.63, 3.8) is 0 Å². The van der Waals surface area contributed by atoms with Crippen LogP contribution < -0.4 is 22.9 Å². The zero-order chi connectivity index (χ0) is 17.1. The Labute approximate surface area is 122 Å². The molecule has 21 heavy (non-hydrogen) atoms. The largest absolute Gasteiger partial charge is 0.394 e. The molecule has 0 aliphatic heterocycles. The molecule has 0 rings (SSSR count). The number of nitrogens with zero attached hydrogens (tertiary/aromatic N) is 4. The van der Waals surface area contributed by atoms with Gasteiger partial charge in [0.1, 0.15) is 0 Å². The molecule has 0 fully saturated rings. The van der Waals surface area contributed by atoms with Gasteiger partial charge in [0.05, 0.1) is 0 Å². The maximum atomic E-state index is 8.74. The molecule has 0 heterocycles. The predicted molar refractivity (Wildman–Crippen MR) is 81.2 cm³/mol. The summed E-state index contributed by atoms with van der Waals surface area (Å²) in [5, 5.41) is 14.7. The Morgan fingerprint density at radius 1 is 0.810 bits per heavy atom. The number of guanidine groups is 2. The number of rotatable bonds is 5. The van der Waals surface area contributed by atoms with Crippen LogP contribution >= 0.6 is 0 Å². The van der Waals surface area contributed by atoms with Gasteiger partial charge < -0.3 is 22.9 Å². The lowest BCUT2D eigenvalue weighted by molar-refractivity contribution is 0.381. The van der Waals surface area contributed by atoms with E-state index in [0.29, 0.717) is 12.8 Å². The predicted octanol–water partition coefficient (Wildman–Crippen LogP) is -1.59. The van der Waals surface area contributed by atoms with Crippen LogP contribution in [0.4, 0.5) is 0 Å². The first-order chi connectivity index (χ1) is 9.41. The summed E-state index contributed by atoms with van der Waals surface area (Å²) in [5.41, 5.74) is 22.1. The summed E-state index contributed by atoms with van der Waals surface area (Å²) in [5.74, 6) is -0.129. The monoisotopic (exact) mass is 324 g/mol. The lowest BCUT2D eigenvalue weighted by Crippen LogP contribution is -2.22. The fourth-order valence-corrected chi connectivity index (χ4v) is 0.748. The van der Waals surface area contributed by atoms with Crippen LogP contribution in [0.25, 0.3) is 0 Å². The molecule has 0 atom stereocenters. The molecule has 0 bridgehead atoms. The van der Waals surface area contributed by atoms with E-state index in [1.807, 2.05) is 13.8 Å². The lowest BCUT2D eigenvalue weighted by atomic mass is 10.2. The Morgan fingerprint density at radius 2 is 1.05 bits per heavy atom. The van der Waals surface area contributed by atoms with E-state index in [4.69, 9.17) is 40.5 Å². The van der Waals surface area contributed by atoms with Gasteiger partial charge in [-0.15, -0.1) is 10.2 Å². The highest BCUT2D eigenvalue weighted by atomic mass is 32.3. The second-order valence-corrected chi connectivity index (χ2v) is 4.56. The standard InChI is InChI=1S/C8H18N8.H2O4S/c1-5(13-15-7(9)10)3-4-6(2)14-16-8(11)12;1-5(2,3)4/h3-4H2,1-2H3,(H4,9,10,15)(H4,11,12,16);(H2,1,2,3,4)/b13-5-,14-6-;. The normalized spacial score (nSPS) is 12.0. The molecule has 0 aromatic carbocycles. The van der Waals surface area contributed by atoms with Crippen molar-refractivity contribution in [2.24, 2.45) is 43.3 Å². The Bertz CT molecular complexity index is 486. The van der Waals surface area contributed by atoms with Crippen LogP contribution in [0.15, 0.2) is 20.4 Å². The van der Waals surface area contributed by atoms with Crippen molar-refractivity contribution >= 4 is 33.7 Å². The average molecular weight is 324 g/mol. The minimum atomic E-state index is -4.67. The molecule has 12 nitrogen and oxygen atoms in total. The van der Waals surface area contributed by atoms with Gasteiger partial charge in [0, 0.05) is 11.4 Å². The maximum absolute atomic E-state index is 8.74. The first-order valence-electron chi connectivity index (χ1n) is 5.35. The third-order valence-electron chi connectivity index (χ3n) is 1.52. The summed E-state index contributed by atoms with van der Waals surface area (Å²) < 4.78 is 31.6. The molecule has 0 spiro atoms. The number of hydrogen-bond donors (Lipinski definition) is 6. The van der Waals surface area contributed by atoms with E-state index in [-0.39, 0.29) is 11.9 Å². The fraction of sp³-hybridized carbons (Fsp3) is 0.500. The van der Waals surface area contributed by atoms with Gasteiger partial charge in [0.2, 0.25) is 11.9 Å². The number of hydrogen-bond acceptors (Lipinski definition) is 6. The minimum absolute atomic E-state index is 0.0646. The molecule has 0 aliphatic rings. The summed E-state index contributed by atoms with van der Waals surface area (Å²) in [7, 11) is -4.67. The van der Waals surface area contributed by atoms with Gasteiger partial charge in [-0.05, 0) is 26.7 Å². The zero-order valence-electron chi connectivity index (χ0n) is 11.6. The van der Waals surface area contributed by atoms with Gasteiger partial charge in [-0.2, -0.15) is 18.6 Å². The van der Waals surface area contributed by atoms with Crippen LogP contribution in [0.3, 0.4) is 0 Å². The quantitative estimate of drug-likeness (QED) is 0.149. The van der Waals surface area contributed by atoms with E-state index in [9.17, 15) is 0 Å². The first-order valence-corrected chi connectivity index (χ1v) is 6.75. The van der Waals surface area contributed by atoms with Crippen molar-refractivity contribution < 1.29 is 17.5 Å². The van der Waals surface area contributed by atoms with E-state index in [2.05, 4.69) is 20.4 Å². The zero-order valence-corrected chi connectivity index (χ0v) is 12.4. The highest BCUT2D eigenvalue weighted by molar-refractivity contribution is 7.79. The van der Waals surface area contributed by atoms with Gasteiger partial charge in [-0.3, -0.25) is 9.11 Å². The fourth-order valence-electron chi connectivity index (χ4n) is 0.748. The minimum Gasteiger partial charge on any atom is -0.369 e. The van der Waals surface area contributed by atoms with Gasteiger partial charge in [0.25, 0.3) is 0 Å². The molecule has 0 aromatic heterocycles. The Kier molecular flexibility index (Phi) is 10.6. The molecule has 0 saturated carbocycles. The topological polar surface area (TPSA) is 228 Å². The molecule has 10 N–H and O–H groups in total. The summed E-state index contributed by atoms with van der Waals surface area (Å²) >= 11 is 0. The van der Waals surface area contributed by atoms with Crippen LogP contribution in [0.1, 0.15) is 26.7 Å². The second kappa shape index (κ2) is 10.5. The second-order valence-electron chi connectivity index (χ2n) is 3.67. The number of nitrogens with two attached hydrogens (primary N) is 4. The smallest absolute Gasteiger partial charge is 0.369 e. The van der Waals surface area contributed by atoms with Crippen molar-refractivity contribution in [3.05, 3.63) is 0 Å². The molecule has 0 amide bonds. The summed E-state index contributed by atoms with van der Waals surface area (Å²) in [6.07, 6.45) is 1.37. The van der Waals surface area contributed by atoms with Crippen LogP contribution in [0, 0.1) is 0 Å². The third kappa shape index (κ3) is 27.1. The molecule has 0 radical (unpaired) electrons. The van der Waals surface area contributed by atoms with Crippen LogP contribution in [-0.4, -0.2) is 40.9 Å². The van der Waals surface area contributed by atoms with Crippen LogP contribution in [0.2, 0.25) is 0 Å². The Hall–Kier alpha value is -2.25. The van der Waals surface area contributed by atoms with Crippen molar-refractivity contribution in [1.29, 1.82) is 0 Å². The van der Waals surface area contributed by atoms with Crippen molar-refractivity contribution in [1.82, 2.24) is 0 Å². The van der Waals surface area contributed by atoms with Gasteiger partial charge in [0.15, 0.2) is 0 Å². The molecule has 0 unspecified atom stereocenters. The van der Waals surface area contributed by atoms with Crippen LogP contribution in [0.5, 0.6) is 0 Å². The molecule has 122 valence electrons. The van der Waals surface area contributed by atoms with Gasteiger partial charge >= 0.3 is 10.4 Å². The molecular weight excluding hydrogens is 304 g/mol. The third-order valence-corrected chi connectivity index (χ3v) is 1.52. The van der Waals surface area contributed by atoms with Crippen molar-refractivity contribution in [2.75, 3.05) is 0 Å². The molecule has 13 heteroatoms. The van der Waals surface area contributed by atoms with E-state index in [0.717, 1.165) is 11.4 Å². The Balaban J connectivity index is 0. The molecule has 0 aliphatic carbocycles. The van der Waals surface area contributed by atoms with Gasteiger partial charge in [-0.25, -0.2) is 0 Å². The SMILES string of the molecule is C/C(CC/C(C)=N\N=C(N)N)=N/N=C(N)N.O=S(=O)(O)O. The van der Waals surface area contributed by atoms with Crippen molar-refractivity contribution in [3.8, 4) is 0 Å². The lowest BCUT2D eigenvalue weighted by Gasteiger charge is -1.97. The van der Waals surface area contributed by atoms with Gasteiger partial charge in [-0.1, -0.05) is 0 Å². The van der Waals surface area contributed by atoms with E-state index < -0.39 is 10.4 Å². The van der Waals surface area contributed by atoms with Crippen molar-refractivity contribution in [2.45, 2.75) is 26.7 Å². The highest BCUT2D eigenvalue weighted by Crippen LogP contribution is 1.97. The molecular formula is C8H20N8O4S. The summed E-state index contributed by atoms with van der Waals surface area (Å²) in [4.78, 5) is 0.